The quantitative estimate of drug-likeness (QED) is 0.730. The first-order chi connectivity index (χ1) is 9.76. The van der Waals surface area contributed by atoms with E-state index in [1.54, 1.807) is 0 Å². The van der Waals surface area contributed by atoms with E-state index in [1.807, 2.05) is 18.4 Å². The van der Waals surface area contributed by atoms with Crippen molar-refractivity contribution >= 4 is 21.4 Å². The van der Waals surface area contributed by atoms with Crippen molar-refractivity contribution in [3.63, 3.8) is 0 Å². The van der Waals surface area contributed by atoms with Crippen molar-refractivity contribution in [3.05, 3.63) is 70.6 Å². The lowest BCUT2D eigenvalue weighted by Crippen LogP contribution is -2.17. The second kappa shape index (κ2) is 5.78. The Bertz CT molecular complexity index is 681. The second-order valence-corrected chi connectivity index (χ2v) is 6.34. The zero-order chi connectivity index (χ0) is 13.9. The summed E-state index contributed by atoms with van der Waals surface area (Å²) in [6.45, 7) is 2.15. The zero-order valence-electron chi connectivity index (χ0n) is 11.9. The molecule has 2 heteroatoms. The average Bonchev–Trinajstić information content (AvgIpc) is 2.88. The Hall–Kier alpha value is -1.64. The number of likely N-dealkylation sites (N-methyl/N-ethyl adjacent to an activating group) is 1. The first kappa shape index (κ1) is 13.3. The highest BCUT2D eigenvalue weighted by Crippen LogP contribution is 2.31. The van der Waals surface area contributed by atoms with Crippen molar-refractivity contribution in [1.29, 1.82) is 0 Å². The van der Waals surface area contributed by atoms with Gasteiger partial charge in [-0.2, -0.15) is 0 Å². The predicted molar refractivity (Wildman–Crippen MR) is 88.5 cm³/mol. The maximum Gasteiger partial charge on any atom is 0.0453 e. The molecule has 3 rings (SSSR count). The molecule has 2 aromatic carbocycles. The summed E-state index contributed by atoms with van der Waals surface area (Å²) in [6.07, 6.45) is 1.03. The Morgan fingerprint density at radius 2 is 1.90 bits per heavy atom. The molecule has 1 aromatic heterocycles. The number of hydrogen-bond donors (Lipinski definition) is 1. The summed E-state index contributed by atoms with van der Waals surface area (Å²) in [5.74, 6) is 0. The SMILES string of the molecule is CNC(Cc1cccc(C)c1)c1cc2ccccc2s1. The number of aryl methyl sites for hydroxylation is 1. The van der Waals surface area contributed by atoms with Crippen LogP contribution in [0.15, 0.2) is 54.6 Å². The molecule has 1 atom stereocenters. The van der Waals surface area contributed by atoms with Crippen LogP contribution in [0.5, 0.6) is 0 Å². The van der Waals surface area contributed by atoms with E-state index in [1.165, 1.54) is 26.1 Å². The molecule has 1 nitrogen and oxygen atoms in total. The standard InChI is InChI=1S/C18H19NS/c1-13-6-5-7-14(10-13)11-16(19-2)18-12-15-8-3-4-9-17(15)20-18/h3-10,12,16,19H,11H2,1-2H3. The third-order valence-corrected chi connectivity index (χ3v) is 4.89. The van der Waals surface area contributed by atoms with E-state index in [0.29, 0.717) is 6.04 Å². The highest BCUT2D eigenvalue weighted by Gasteiger charge is 2.13. The number of hydrogen-bond acceptors (Lipinski definition) is 2. The largest absolute Gasteiger partial charge is 0.312 e. The fourth-order valence-corrected chi connectivity index (χ4v) is 3.77. The third-order valence-electron chi connectivity index (χ3n) is 3.66. The lowest BCUT2D eigenvalue weighted by Gasteiger charge is -2.14. The molecular formula is C18H19NS. The molecule has 0 saturated heterocycles. The molecule has 0 saturated carbocycles. The first-order valence-corrected chi connectivity index (χ1v) is 7.79. The number of nitrogens with one attached hydrogen (secondary N) is 1. The average molecular weight is 281 g/mol. The van der Waals surface area contributed by atoms with Gasteiger partial charge in [0.05, 0.1) is 0 Å². The van der Waals surface area contributed by atoms with Gasteiger partial charge in [-0.3, -0.25) is 0 Å². The molecule has 102 valence electrons. The molecule has 0 fully saturated rings. The van der Waals surface area contributed by atoms with Gasteiger partial charge in [0.25, 0.3) is 0 Å². The van der Waals surface area contributed by atoms with E-state index >= 15 is 0 Å². The van der Waals surface area contributed by atoms with Crippen molar-refractivity contribution in [2.45, 2.75) is 19.4 Å². The molecular weight excluding hydrogens is 262 g/mol. The number of rotatable bonds is 4. The van der Waals surface area contributed by atoms with Gasteiger partial charge in [-0.25, -0.2) is 0 Å². The number of fused-ring (bicyclic) bond motifs is 1. The van der Waals surface area contributed by atoms with Gasteiger partial charge in [0.2, 0.25) is 0 Å². The minimum atomic E-state index is 0.384. The van der Waals surface area contributed by atoms with Crippen LogP contribution in [-0.2, 0) is 6.42 Å². The topological polar surface area (TPSA) is 12.0 Å². The highest BCUT2D eigenvalue weighted by molar-refractivity contribution is 7.19. The van der Waals surface area contributed by atoms with Gasteiger partial charge < -0.3 is 5.32 Å². The van der Waals surface area contributed by atoms with Crippen LogP contribution in [0.4, 0.5) is 0 Å². The molecule has 0 aliphatic rings. The zero-order valence-corrected chi connectivity index (χ0v) is 12.7. The van der Waals surface area contributed by atoms with Crippen LogP contribution < -0.4 is 5.32 Å². The molecule has 0 aliphatic carbocycles. The Balaban J connectivity index is 1.89. The highest BCUT2D eigenvalue weighted by atomic mass is 32.1. The van der Waals surface area contributed by atoms with Crippen LogP contribution in [-0.4, -0.2) is 7.05 Å². The molecule has 20 heavy (non-hydrogen) atoms. The third kappa shape index (κ3) is 2.77. The van der Waals surface area contributed by atoms with Crippen LogP contribution in [0.1, 0.15) is 22.0 Å². The number of thiophene rings is 1. The Labute approximate surface area is 124 Å². The predicted octanol–water partition coefficient (Wildman–Crippen LogP) is 4.71. The molecule has 1 heterocycles. The monoisotopic (exact) mass is 281 g/mol. The summed E-state index contributed by atoms with van der Waals surface area (Å²) in [5.41, 5.74) is 2.72. The van der Waals surface area contributed by atoms with E-state index < -0.39 is 0 Å². The molecule has 0 spiro atoms. The summed E-state index contributed by atoms with van der Waals surface area (Å²) >= 11 is 1.89. The first-order valence-electron chi connectivity index (χ1n) is 6.97. The van der Waals surface area contributed by atoms with E-state index in [2.05, 4.69) is 66.8 Å². The van der Waals surface area contributed by atoms with E-state index in [-0.39, 0.29) is 0 Å². The maximum absolute atomic E-state index is 3.46. The minimum Gasteiger partial charge on any atom is -0.312 e. The van der Waals surface area contributed by atoms with Gasteiger partial charge in [-0.1, -0.05) is 48.0 Å². The van der Waals surface area contributed by atoms with Gasteiger partial charge >= 0.3 is 0 Å². The maximum atomic E-state index is 3.46. The molecule has 3 aromatic rings. The van der Waals surface area contributed by atoms with Gasteiger partial charge in [-0.15, -0.1) is 11.3 Å². The molecule has 0 amide bonds. The molecule has 0 bridgehead atoms. The fourth-order valence-electron chi connectivity index (χ4n) is 2.59. The fraction of sp³-hybridized carbons (Fsp3) is 0.222. The normalized spacial score (nSPS) is 12.7. The summed E-state index contributed by atoms with van der Waals surface area (Å²) < 4.78 is 1.37. The second-order valence-electron chi connectivity index (χ2n) is 5.22. The summed E-state index contributed by atoms with van der Waals surface area (Å²) in [5, 5.41) is 4.80. The van der Waals surface area contributed by atoms with Crippen molar-refractivity contribution in [1.82, 2.24) is 5.32 Å². The Morgan fingerprint density at radius 1 is 1.05 bits per heavy atom. The van der Waals surface area contributed by atoms with Gasteiger partial charge in [0.1, 0.15) is 0 Å². The van der Waals surface area contributed by atoms with E-state index in [9.17, 15) is 0 Å². The van der Waals surface area contributed by atoms with Gasteiger partial charge in [0.15, 0.2) is 0 Å². The van der Waals surface area contributed by atoms with Crippen LogP contribution in [0.3, 0.4) is 0 Å². The van der Waals surface area contributed by atoms with Crippen LogP contribution in [0.25, 0.3) is 10.1 Å². The van der Waals surface area contributed by atoms with E-state index in [4.69, 9.17) is 0 Å². The van der Waals surface area contributed by atoms with Gasteiger partial charge in [-0.05, 0) is 43.5 Å². The molecule has 1 unspecified atom stereocenters. The van der Waals surface area contributed by atoms with Crippen molar-refractivity contribution < 1.29 is 0 Å². The van der Waals surface area contributed by atoms with Crippen molar-refractivity contribution in [2.75, 3.05) is 7.05 Å². The van der Waals surface area contributed by atoms with E-state index in [0.717, 1.165) is 6.42 Å². The molecule has 0 radical (unpaired) electrons. The van der Waals surface area contributed by atoms with Crippen molar-refractivity contribution in [3.8, 4) is 0 Å². The smallest absolute Gasteiger partial charge is 0.0453 e. The molecule has 1 N–H and O–H groups in total. The van der Waals surface area contributed by atoms with Crippen LogP contribution >= 0.6 is 11.3 Å². The lowest BCUT2D eigenvalue weighted by molar-refractivity contribution is 0.602. The Morgan fingerprint density at radius 3 is 2.65 bits per heavy atom. The molecule has 0 aliphatic heterocycles. The Kier molecular flexibility index (Phi) is 3.86. The van der Waals surface area contributed by atoms with Gasteiger partial charge in [0, 0.05) is 15.6 Å². The van der Waals surface area contributed by atoms with Crippen LogP contribution in [0, 0.1) is 6.92 Å². The lowest BCUT2D eigenvalue weighted by atomic mass is 10.0. The van der Waals surface area contributed by atoms with Crippen LogP contribution in [0.2, 0.25) is 0 Å². The number of benzene rings is 2. The minimum absolute atomic E-state index is 0.384. The summed E-state index contributed by atoms with van der Waals surface area (Å²) in [4.78, 5) is 1.41. The summed E-state index contributed by atoms with van der Waals surface area (Å²) in [7, 11) is 2.05. The van der Waals surface area contributed by atoms with Crippen molar-refractivity contribution in [2.24, 2.45) is 0 Å². The summed E-state index contributed by atoms with van der Waals surface area (Å²) in [6, 6.07) is 20.1.